The lowest BCUT2D eigenvalue weighted by Gasteiger charge is -2.11. The van der Waals surface area contributed by atoms with Gasteiger partial charge in [0.2, 0.25) is 0 Å². The highest BCUT2D eigenvalue weighted by Crippen LogP contribution is 2.37. The van der Waals surface area contributed by atoms with Gasteiger partial charge in [-0.1, -0.05) is 28.9 Å². The Morgan fingerprint density at radius 2 is 1.93 bits per heavy atom. The summed E-state index contributed by atoms with van der Waals surface area (Å²) in [6, 6.07) is 7.46. The average molecular weight is 481 g/mol. The molecule has 0 aliphatic heterocycles. The number of thioether (sulfide) groups is 1. The number of alkyl halides is 3. The summed E-state index contributed by atoms with van der Waals surface area (Å²) in [6.07, 6.45) is -2.26. The molecule has 0 aliphatic carbocycles. The monoisotopic (exact) mass is 480 g/mol. The van der Waals surface area contributed by atoms with Crippen molar-refractivity contribution in [3.63, 3.8) is 0 Å². The average Bonchev–Trinajstić information content (AvgIpc) is 2.96. The third-order valence-electron chi connectivity index (χ3n) is 4.48. The number of benzene rings is 1. The quantitative estimate of drug-likeness (QED) is 0.328. The lowest BCUT2D eigenvalue weighted by Crippen LogP contribution is -2.11. The maximum atomic E-state index is 12.7. The molecule has 3 aromatic heterocycles. The minimum Gasteiger partial charge on any atom is -0.310 e. The van der Waals surface area contributed by atoms with E-state index in [0.717, 1.165) is 25.9 Å². The van der Waals surface area contributed by atoms with Crippen molar-refractivity contribution in [3.05, 3.63) is 46.7 Å². The van der Waals surface area contributed by atoms with Crippen LogP contribution in [0.15, 0.2) is 46.0 Å². The van der Waals surface area contributed by atoms with Crippen molar-refractivity contribution >= 4 is 49.6 Å². The SMILES string of the molecule is CCSc1c(-c2nc3cc(CC(F)(F)F)cnc3n2C)ncc2cc(Br)ccc12. The highest BCUT2D eigenvalue weighted by molar-refractivity contribution is 9.10. The van der Waals surface area contributed by atoms with E-state index in [-0.39, 0.29) is 5.56 Å². The topological polar surface area (TPSA) is 43.6 Å². The van der Waals surface area contributed by atoms with Gasteiger partial charge in [0, 0.05) is 34.2 Å². The number of aryl methyl sites for hydroxylation is 1. The molecule has 0 radical (unpaired) electrons. The molecule has 29 heavy (non-hydrogen) atoms. The number of pyridine rings is 2. The van der Waals surface area contributed by atoms with Gasteiger partial charge in [0.05, 0.1) is 6.42 Å². The van der Waals surface area contributed by atoms with E-state index in [1.54, 1.807) is 29.6 Å². The van der Waals surface area contributed by atoms with Crippen LogP contribution in [0.1, 0.15) is 12.5 Å². The molecule has 0 unspecified atom stereocenters. The molecule has 0 atom stereocenters. The summed E-state index contributed by atoms with van der Waals surface area (Å²) >= 11 is 5.14. The molecule has 0 saturated carbocycles. The van der Waals surface area contributed by atoms with Gasteiger partial charge in [-0.05, 0) is 34.9 Å². The number of nitrogens with zero attached hydrogens (tertiary/aromatic N) is 4. The van der Waals surface area contributed by atoms with Gasteiger partial charge in [0.1, 0.15) is 11.2 Å². The molecular formula is C20H16BrF3N4S. The van der Waals surface area contributed by atoms with Crippen LogP contribution in [0.25, 0.3) is 33.5 Å². The smallest absolute Gasteiger partial charge is 0.310 e. The Balaban J connectivity index is 1.89. The van der Waals surface area contributed by atoms with E-state index >= 15 is 0 Å². The molecule has 0 spiro atoms. The summed E-state index contributed by atoms with van der Waals surface area (Å²) in [5.74, 6) is 1.43. The molecule has 3 heterocycles. The van der Waals surface area contributed by atoms with Crippen LogP contribution in [0.3, 0.4) is 0 Å². The van der Waals surface area contributed by atoms with Gasteiger partial charge in [-0.2, -0.15) is 13.2 Å². The Kier molecular flexibility index (Phi) is 5.29. The molecule has 150 valence electrons. The molecule has 0 saturated heterocycles. The zero-order chi connectivity index (χ0) is 20.8. The first-order valence-electron chi connectivity index (χ1n) is 8.86. The molecule has 4 aromatic rings. The van der Waals surface area contributed by atoms with Crippen LogP contribution in [0.2, 0.25) is 0 Å². The second-order valence-corrected chi connectivity index (χ2v) is 8.76. The van der Waals surface area contributed by atoms with Crippen LogP contribution in [0.4, 0.5) is 13.2 Å². The molecule has 0 fully saturated rings. The van der Waals surface area contributed by atoms with Crippen molar-refractivity contribution in [1.82, 2.24) is 19.5 Å². The van der Waals surface area contributed by atoms with Crippen LogP contribution in [-0.4, -0.2) is 31.4 Å². The van der Waals surface area contributed by atoms with Crippen molar-refractivity contribution in [2.24, 2.45) is 7.05 Å². The first-order valence-corrected chi connectivity index (χ1v) is 10.6. The van der Waals surface area contributed by atoms with Gasteiger partial charge in [-0.15, -0.1) is 11.8 Å². The van der Waals surface area contributed by atoms with Crippen molar-refractivity contribution in [1.29, 1.82) is 0 Å². The lowest BCUT2D eigenvalue weighted by molar-refractivity contribution is -0.127. The van der Waals surface area contributed by atoms with Gasteiger partial charge < -0.3 is 4.57 Å². The Morgan fingerprint density at radius 1 is 1.14 bits per heavy atom. The van der Waals surface area contributed by atoms with E-state index in [0.29, 0.717) is 22.7 Å². The second kappa shape index (κ2) is 7.60. The summed E-state index contributed by atoms with van der Waals surface area (Å²) in [5.41, 5.74) is 1.74. The molecule has 0 bridgehead atoms. The third-order valence-corrected chi connectivity index (χ3v) is 5.96. The molecule has 0 N–H and O–H groups in total. The number of rotatable bonds is 4. The normalized spacial score (nSPS) is 12.2. The van der Waals surface area contributed by atoms with E-state index < -0.39 is 12.6 Å². The highest BCUT2D eigenvalue weighted by atomic mass is 79.9. The standard InChI is InChI=1S/C20H16BrF3N4S/c1-3-29-17-14-5-4-13(21)7-12(14)10-25-16(17)19-27-15-6-11(8-20(22,23)24)9-26-18(15)28(19)2/h4-7,9-10H,3,8H2,1-2H3. The number of halogens is 4. The van der Waals surface area contributed by atoms with Crippen molar-refractivity contribution < 1.29 is 13.2 Å². The number of imidazole rings is 1. The first-order chi connectivity index (χ1) is 13.8. The van der Waals surface area contributed by atoms with Gasteiger partial charge in [0.25, 0.3) is 0 Å². The van der Waals surface area contributed by atoms with Crippen LogP contribution < -0.4 is 0 Å². The van der Waals surface area contributed by atoms with Crippen molar-refractivity contribution in [2.45, 2.75) is 24.4 Å². The maximum Gasteiger partial charge on any atom is 0.393 e. The van der Waals surface area contributed by atoms with Crippen LogP contribution in [0, 0.1) is 0 Å². The largest absolute Gasteiger partial charge is 0.393 e. The first kappa shape index (κ1) is 20.2. The fourth-order valence-corrected chi connectivity index (χ4v) is 4.56. The zero-order valence-corrected chi connectivity index (χ0v) is 18.0. The van der Waals surface area contributed by atoms with Crippen molar-refractivity contribution in [2.75, 3.05) is 5.75 Å². The predicted molar refractivity (Wildman–Crippen MR) is 113 cm³/mol. The Bertz CT molecular complexity index is 1220. The third kappa shape index (κ3) is 3.98. The van der Waals surface area contributed by atoms with Gasteiger partial charge in [-0.3, -0.25) is 4.98 Å². The van der Waals surface area contributed by atoms with E-state index in [4.69, 9.17) is 0 Å². The lowest BCUT2D eigenvalue weighted by atomic mass is 10.1. The summed E-state index contributed by atoms with van der Waals surface area (Å²) in [4.78, 5) is 14.4. The fourth-order valence-electron chi connectivity index (χ4n) is 3.27. The van der Waals surface area contributed by atoms with E-state index in [9.17, 15) is 13.2 Å². The van der Waals surface area contributed by atoms with Crippen LogP contribution in [-0.2, 0) is 13.5 Å². The minimum atomic E-state index is -4.29. The zero-order valence-electron chi connectivity index (χ0n) is 15.6. The summed E-state index contributed by atoms with van der Waals surface area (Å²) in [7, 11) is 1.80. The van der Waals surface area contributed by atoms with Crippen LogP contribution >= 0.6 is 27.7 Å². The number of fused-ring (bicyclic) bond motifs is 2. The summed E-state index contributed by atoms with van der Waals surface area (Å²) < 4.78 is 41.0. The molecule has 4 rings (SSSR count). The fraction of sp³-hybridized carbons (Fsp3) is 0.250. The summed E-state index contributed by atoms with van der Waals surface area (Å²) in [6.45, 7) is 2.06. The molecule has 1 aromatic carbocycles. The molecule has 0 amide bonds. The molecule has 9 heteroatoms. The van der Waals surface area contributed by atoms with Gasteiger partial charge in [-0.25, -0.2) is 9.97 Å². The Morgan fingerprint density at radius 3 is 2.66 bits per heavy atom. The van der Waals surface area contributed by atoms with Crippen molar-refractivity contribution in [3.8, 4) is 11.5 Å². The van der Waals surface area contributed by atoms with Gasteiger partial charge >= 0.3 is 6.18 Å². The Hall–Kier alpha value is -2.13. The maximum absolute atomic E-state index is 12.7. The minimum absolute atomic E-state index is 0.0918. The van der Waals surface area contributed by atoms with E-state index in [1.165, 1.54) is 12.3 Å². The molecule has 0 aliphatic rings. The van der Waals surface area contributed by atoms with E-state index in [1.807, 2.05) is 18.2 Å². The predicted octanol–water partition coefficient (Wildman–Crippen LogP) is 6.16. The molecule has 4 nitrogen and oxygen atoms in total. The second-order valence-electron chi connectivity index (χ2n) is 6.57. The summed E-state index contributed by atoms with van der Waals surface area (Å²) in [5, 5.41) is 2.06. The van der Waals surface area contributed by atoms with Gasteiger partial charge in [0.15, 0.2) is 11.5 Å². The number of hydrogen-bond donors (Lipinski definition) is 0. The van der Waals surface area contributed by atoms with Crippen LogP contribution in [0.5, 0.6) is 0 Å². The Labute approximate surface area is 177 Å². The number of hydrogen-bond acceptors (Lipinski definition) is 4. The van der Waals surface area contributed by atoms with E-state index in [2.05, 4.69) is 37.8 Å². The number of aromatic nitrogens is 4. The highest BCUT2D eigenvalue weighted by Gasteiger charge is 2.28. The molecular weight excluding hydrogens is 465 g/mol.